The van der Waals surface area contributed by atoms with Crippen LogP contribution in [-0.2, 0) is 13.5 Å². The first-order valence-corrected chi connectivity index (χ1v) is 8.66. The molecule has 0 bridgehead atoms. The summed E-state index contributed by atoms with van der Waals surface area (Å²) in [4.78, 5) is 4.57. The van der Waals surface area contributed by atoms with Crippen molar-refractivity contribution in [1.82, 2.24) is 19.3 Å². The van der Waals surface area contributed by atoms with Crippen molar-refractivity contribution in [2.24, 2.45) is 7.05 Å². The highest BCUT2D eigenvalue weighted by Crippen LogP contribution is 2.37. The van der Waals surface area contributed by atoms with Gasteiger partial charge in [-0.25, -0.2) is 4.98 Å². The molecule has 2 heterocycles. The first kappa shape index (κ1) is 13.8. The number of nitrogens with two attached hydrogens (primary N) is 1. The van der Waals surface area contributed by atoms with Crippen molar-refractivity contribution >= 4 is 28.9 Å². The Kier molecular flexibility index (Phi) is 3.67. The summed E-state index contributed by atoms with van der Waals surface area (Å²) in [5.41, 5.74) is 9.32. The van der Waals surface area contributed by atoms with Crippen LogP contribution in [0.4, 0.5) is 5.95 Å². The van der Waals surface area contributed by atoms with Crippen LogP contribution in [0, 0.1) is 0 Å². The second kappa shape index (κ2) is 5.31. The second-order valence-electron chi connectivity index (χ2n) is 5.60. The molecule has 20 heavy (non-hydrogen) atoms. The maximum Gasteiger partial charge on any atom is 0.202 e. The molecular formula is C14H23N5S. The van der Waals surface area contributed by atoms with Gasteiger partial charge < -0.3 is 5.73 Å². The maximum atomic E-state index is 6.19. The number of imidazole rings is 1. The normalized spacial score (nSPS) is 23.6. The first-order chi connectivity index (χ1) is 9.65. The fourth-order valence-electron chi connectivity index (χ4n) is 3.36. The van der Waals surface area contributed by atoms with E-state index in [0.717, 1.165) is 28.5 Å². The van der Waals surface area contributed by atoms with E-state index in [1.54, 1.807) is 0 Å². The van der Waals surface area contributed by atoms with Gasteiger partial charge in [0, 0.05) is 18.3 Å². The molecule has 110 valence electrons. The number of rotatable bonds is 3. The van der Waals surface area contributed by atoms with Gasteiger partial charge in [-0.05, 0) is 38.4 Å². The van der Waals surface area contributed by atoms with Gasteiger partial charge in [-0.3, -0.25) is 9.25 Å². The highest BCUT2D eigenvalue weighted by molar-refractivity contribution is 7.99. The van der Waals surface area contributed by atoms with Gasteiger partial charge in [0.15, 0.2) is 5.65 Å². The van der Waals surface area contributed by atoms with Crippen LogP contribution in [0.1, 0.15) is 44.3 Å². The summed E-state index contributed by atoms with van der Waals surface area (Å²) in [6.07, 6.45) is 8.02. The van der Waals surface area contributed by atoms with E-state index in [1.165, 1.54) is 25.7 Å². The van der Waals surface area contributed by atoms with Crippen molar-refractivity contribution in [3.05, 3.63) is 5.69 Å². The van der Waals surface area contributed by atoms with Crippen molar-refractivity contribution < 1.29 is 0 Å². The minimum absolute atomic E-state index is 0.475. The molecule has 6 heteroatoms. The molecule has 0 unspecified atom stereocenters. The topological polar surface area (TPSA) is 61.7 Å². The fourth-order valence-corrected chi connectivity index (χ4v) is 4.10. The third-order valence-corrected chi connectivity index (χ3v) is 5.58. The first-order valence-electron chi connectivity index (χ1n) is 7.37. The van der Waals surface area contributed by atoms with E-state index in [2.05, 4.69) is 27.8 Å². The van der Waals surface area contributed by atoms with Crippen molar-refractivity contribution in [2.45, 2.75) is 50.3 Å². The van der Waals surface area contributed by atoms with Crippen LogP contribution in [0.3, 0.4) is 0 Å². The molecular weight excluding hydrogens is 270 g/mol. The third-order valence-electron chi connectivity index (χ3n) is 4.44. The van der Waals surface area contributed by atoms with Crippen molar-refractivity contribution in [1.29, 1.82) is 0 Å². The van der Waals surface area contributed by atoms with Gasteiger partial charge in [-0.2, -0.15) is 16.9 Å². The number of aryl methyl sites for hydroxylation is 2. The van der Waals surface area contributed by atoms with Crippen LogP contribution in [0.25, 0.3) is 11.2 Å². The molecule has 0 saturated heterocycles. The molecule has 3 rings (SSSR count). The molecule has 2 N–H and O–H groups in total. The molecule has 0 aromatic carbocycles. The molecule has 1 aliphatic carbocycles. The van der Waals surface area contributed by atoms with Gasteiger partial charge in [-0.15, -0.1) is 0 Å². The van der Waals surface area contributed by atoms with Crippen LogP contribution in [0.2, 0.25) is 0 Å². The lowest BCUT2D eigenvalue weighted by Crippen LogP contribution is -2.21. The predicted octanol–water partition coefficient (Wildman–Crippen LogP) is 2.76. The molecule has 0 aliphatic heterocycles. The van der Waals surface area contributed by atoms with Gasteiger partial charge in [0.25, 0.3) is 0 Å². The number of nitrogens with zero attached hydrogens (tertiary/aromatic N) is 4. The fraction of sp³-hybridized carbons (Fsp3) is 0.714. The Morgan fingerprint density at radius 2 is 2.00 bits per heavy atom. The molecule has 1 saturated carbocycles. The Hall–Kier alpha value is -1.17. The molecule has 0 spiro atoms. The molecule has 1 fully saturated rings. The number of fused-ring (bicyclic) bond motifs is 1. The molecule has 5 nitrogen and oxygen atoms in total. The van der Waals surface area contributed by atoms with Crippen molar-refractivity contribution in [2.75, 3.05) is 12.0 Å². The van der Waals surface area contributed by atoms with Crippen molar-refractivity contribution in [3.63, 3.8) is 0 Å². The number of hydrogen-bond acceptors (Lipinski definition) is 4. The van der Waals surface area contributed by atoms with Gasteiger partial charge in [0.2, 0.25) is 5.95 Å². The highest BCUT2D eigenvalue weighted by Gasteiger charge is 2.27. The van der Waals surface area contributed by atoms with Gasteiger partial charge in [-0.1, -0.05) is 6.92 Å². The number of anilines is 1. The Balaban J connectivity index is 1.99. The summed E-state index contributed by atoms with van der Waals surface area (Å²) in [6.45, 7) is 2.11. The summed E-state index contributed by atoms with van der Waals surface area (Å²) in [6, 6.07) is 0.475. The van der Waals surface area contributed by atoms with Crippen LogP contribution in [0.15, 0.2) is 0 Å². The predicted molar refractivity (Wildman–Crippen MR) is 85.1 cm³/mol. The summed E-state index contributed by atoms with van der Waals surface area (Å²) in [5, 5.41) is 5.38. The average Bonchev–Trinajstić information content (AvgIpc) is 2.96. The number of hydrogen-bond donors (Lipinski definition) is 1. The number of aromatic nitrogens is 4. The quantitative estimate of drug-likeness (QED) is 0.945. The molecule has 2 aromatic heterocycles. The lowest BCUT2D eigenvalue weighted by Gasteiger charge is -2.29. The van der Waals surface area contributed by atoms with E-state index in [4.69, 9.17) is 5.73 Å². The summed E-state index contributed by atoms with van der Waals surface area (Å²) in [5.74, 6) is 0.648. The Bertz CT molecular complexity index is 607. The summed E-state index contributed by atoms with van der Waals surface area (Å²) >= 11 is 1.99. The largest absolute Gasteiger partial charge is 0.369 e. The van der Waals surface area contributed by atoms with E-state index < -0.39 is 0 Å². The van der Waals surface area contributed by atoms with Crippen molar-refractivity contribution in [3.8, 4) is 0 Å². The standard InChI is InChI=1S/C14H23N5S/c1-4-11-12-13(18(2)17-11)19(14(15)16-12)9-5-7-10(20-3)8-6-9/h9-10H,4-8H2,1-3H3,(H2,15,16). The lowest BCUT2D eigenvalue weighted by molar-refractivity contribution is 0.366. The van der Waals surface area contributed by atoms with Gasteiger partial charge in [0.1, 0.15) is 5.52 Å². The Morgan fingerprint density at radius 3 is 2.60 bits per heavy atom. The van der Waals surface area contributed by atoms with E-state index >= 15 is 0 Å². The zero-order chi connectivity index (χ0) is 14.3. The van der Waals surface area contributed by atoms with E-state index in [-0.39, 0.29) is 0 Å². The minimum Gasteiger partial charge on any atom is -0.369 e. The smallest absolute Gasteiger partial charge is 0.202 e. The van der Waals surface area contributed by atoms with Gasteiger partial charge >= 0.3 is 0 Å². The third kappa shape index (κ3) is 2.10. The molecule has 0 amide bonds. The Morgan fingerprint density at radius 1 is 1.30 bits per heavy atom. The molecule has 0 atom stereocenters. The molecule has 1 aliphatic rings. The highest BCUT2D eigenvalue weighted by atomic mass is 32.2. The van der Waals surface area contributed by atoms with E-state index in [0.29, 0.717) is 12.0 Å². The second-order valence-corrected chi connectivity index (χ2v) is 6.74. The number of nitrogen functional groups attached to an aromatic ring is 1. The van der Waals surface area contributed by atoms with E-state index in [1.807, 2.05) is 23.5 Å². The SMILES string of the molecule is CCc1nn(C)c2c1nc(N)n2C1CCC(SC)CC1. The zero-order valence-corrected chi connectivity index (χ0v) is 13.3. The lowest BCUT2D eigenvalue weighted by atomic mass is 9.95. The monoisotopic (exact) mass is 293 g/mol. The van der Waals surface area contributed by atoms with Gasteiger partial charge in [0.05, 0.1) is 5.69 Å². The van der Waals surface area contributed by atoms with E-state index in [9.17, 15) is 0 Å². The minimum atomic E-state index is 0.475. The zero-order valence-electron chi connectivity index (χ0n) is 12.5. The maximum absolute atomic E-state index is 6.19. The van der Waals surface area contributed by atoms with Crippen LogP contribution >= 0.6 is 11.8 Å². The molecule has 0 radical (unpaired) electrons. The van der Waals surface area contributed by atoms with Crippen LogP contribution in [0.5, 0.6) is 0 Å². The molecule has 2 aromatic rings. The summed E-state index contributed by atoms with van der Waals surface area (Å²) < 4.78 is 4.16. The summed E-state index contributed by atoms with van der Waals surface area (Å²) in [7, 11) is 1.99. The van der Waals surface area contributed by atoms with Crippen LogP contribution < -0.4 is 5.73 Å². The van der Waals surface area contributed by atoms with Crippen LogP contribution in [-0.4, -0.2) is 30.8 Å². The number of thioether (sulfide) groups is 1. The average molecular weight is 293 g/mol. The Labute approximate surface area is 123 Å².